The molecule has 4 nitrogen and oxygen atoms in total. The number of carboxylic acids is 1. The SMILES string of the molecule is Cc1cc(CN2CCC(CCC(=O)O)CC2)cc(C)c1O. The highest BCUT2D eigenvalue weighted by Gasteiger charge is 2.20. The van der Waals surface area contributed by atoms with Crippen molar-refractivity contribution in [2.24, 2.45) is 5.92 Å². The molecular weight excluding hydrogens is 266 g/mol. The van der Waals surface area contributed by atoms with Gasteiger partial charge in [-0.2, -0.15) is 0 Å². The first kappa shape index (κ1) is 15.8. The second kappa shape index (κ2) is 6.94. The lowest BCUT2D eigenvalue weighted by Gasteiger charge is -2.32. The molecule has 1 saturated heterocycles. The number of aliphatic carboxylic acids is 1. The number of piperidine rings is 1. The fourth-order valence-corrected chi connectivity index (χ4v) is 3.16. The van der Waals surface area contributed by atoms with Gasteiger partial charge in [0.05, 0.1) is 0 Å². The van der Waals surface area contributed by atoms with Gasteiger partial charge in [0.25, 0.3) is 0 Å². The summed E-state index contributed by atoms with van der Waals surface area (Å²) in [5.41, 5.74) is 3.11. The minimum atomic E-state index is -0.688. The standard InChI is InChI=1S/C17H25NO3/c1-12-9-15(10-13(2)17(12)21)11-18-7-5-14(6-8-18)3-4-16(19)20/h9-10,14,21H,3-8,11H2,1-2H3,(H,19,20). The highest BCUT2D eigenvalue weighted by molar-refractivity contribution is 5.66. The van der Waals surface area contributed by atoms with Gasteiger partial charge < -0.3 is 10.2 Å². The maximum atomic E-state index is 10.6. The summed E-state index contributed by atoms with van der Waals surface area (Å²) >= 11 is 0. The number of carbonyl (C=O) groups is 1. The van der Waals surface area contributed by atoms with Crippen LogP contribution in [0.4, 0.5) is 0 Å². The van der Waals surface area contributed by atoms with Crippen LogP contribution in [0.25, 0.3) is 0 Å². The van der Waals surface area contributed by atoms with Crippen LogP contribution >= 0.6 is 0 Å². The molecular formula is C17H25NO3. The van der Waals surface area contributed by atoms with Crippen LogP contribution in [0.2, 0.25) is 0 Å². The van der Waals surface area contributed by atoms with Crippen molar-refractivity contribution in [3.8, 4) is 5.75 Å². The van der Waals surface area contributed by atoms with Crippen LogP contribution in [0.15, 0.2) is 12.1 Å². The van der Waals surface area contributed by atoms with E-state index in [4.69, 9.17) is 5.11 Å². The molecule has 0 radical (unpaired) electrons. The van der Waals surface area contributed by atoms with Crippen LogP contribution in [-0.2, 0) is 11.3 Å². The van der Waals surface area contributed by atoms with Gasteiger partial charge in [-0.1, -0.05) is 12.1 Å². The van der Waals surface area contributed by atoms with E-state index in [0.717, 1.165) is 50.0 Å². The first-order chi connectivity index (χ1) is 9.95. The number of aromatic hydroxyl groups is 1. The van der Waals surface area contributed by atoms with E-state index in [2.05, 4.69) is 17.0 Å². The van der Waals surface area contributed by atoms with Gasteiger partial charge in [-0.05, 0) is 68.8 Å². The van der Waals surface area contributed by atoms with Gasteiger partial charge in [-0.25, -0.2) is 0 Å². The van der Waals surface area contributed by atoms with Crippen LogP contribution in [-0.4, -0.2) is 34.2 Å². The van der Waals surface area contributed by atoms with Crippen molar-refractivity contribution < 1.29 is 15.0 Å². The second-order valence-corrected chi connectivity index (χ2v) is 6.23. The molecule has 1 aliphatic heterocycles. The predicted octanol–water partition coefficient (Wildman–Crippen LogP) is 3.09. The molecule has 2 rings (SSSR count). The Morgan fingerprint density at radius 1 is 1.24 bits per heavy atom. The van der Waals surface area contributed by atoms with Gasteiger partial charge in [0.15, 0.2) is 0 Å². The summed E-state index contributed by atoms with van der Waals surface area (Å²) in [5, 5.41) is 18.5. The van der Waals surface area contributed by atoms with Gasteiger partial charge in [-0.3, -0.25) is 9.69 Å². The third-order valence-electron chi connectivity index (χ3n) is 4.43. The van der Waals surface area contributed by atoms with Gasteiger partial charge in [0, 0.05) is 13.0 Å². The summed E-state index contributed by atoms with van der Waals surface area (Å²) in [7, 11) is 0. The number of phenols is 1. The summed E-state index contributed by atoms with van der Waals surface area (Å²) in [6.45, 7) is 6.84. The van der Waals surface area contributed by atoms with Crippen molar-refractivity contribution in [1.29, 1.82) is 0 Å². The van der Waals surface area contributed by atoms with E-state index in [0.29, 0.717) is 18.1 Å². The summed E-state index contributed by atoms with van der Waals surface area (Å²) in [5.74, 6) is 0.263. The van der Waals surface area contributed by atoms with Gasteiger partial charge in [-0.15, -0.1) is 0 Å². The number of carboxylic acid groups (broad SMARTS) is 1. The largest absolute Gasteiger partial charge is 0.507 e. The summed E-state index contributed by atoms with van der Waals surface area (Å²) in [4.78, 5) is 13.0. The van der Waals surface area contributed by atoms with E-state index >= 15 is 0 Å². The molecule has 0 atom stereocenters. The molecule has 0 saturated carbocycles. The molecule has 4 heteroatoms. The second-order valence-electron chi connectivity index (χ2n) is 6.23. The number of likely N-dealkylation sites (tertiary alicyclic amines) is 1. The van der Waals surface area contributed by atoms with E-state index < -0.39 is 5.97 Å². The Bertz CT molecular complexity index is 482. The Balaban J connectivity index is 1.85. The van der Waals surface area contributed by atoms with Crippen LogP contribution in [0.3, 0.4) is 0 Å². The van der Waals surface area contributed by atoms with Crippen LogP contribution in [0, 0.1) is 19.8 Å². The normalized spacial score (nSPS) is 17.0. The predicted molar refractivity (Wildman–Crippen MR) is 82.5 cm³/mol. The third kappa shape index (κ3) is 4.46. The van der Waals surface area contributed by atoms with E-state index in [1.54, 1.807) is 0 Å². The number of benzene rings is 1. The summed E-state index contributed by atoms with van der Waals surface area (Å²) in [6, 6.07) is 4.11. The molecule has 2 N–H and O–H groups in total. The number of rotatable bonds is 5. The van der Waals surface area contributed by atoms with Crippen molar-refractivity contribution in [2.75, 3.05) is 13.1 Å². The van der Waals surface area contributed by atoms with E-state index in [9.17, 15) is 9.90 Å². The lowest BCUT2D eigenvalue weighted by atomic mass is 9.92. The van der Waals surface area contributed by atoms with Crippen molar-refractivity contribution in [3.63, 3.8) is 0 Å². The number of nitrogens with zero attached hydrogens (tertiary/aromatic N) is 1. The Labute approximate surface area is 126 Å². The van der Waals surface area contributed by atoms with Crippen molar-refractivity contribution >= 4 is 5.97 Å². The fourth-order valence-electron chi connectivity index (χ4n) is 3.16. The van der Waals surface area contributed by atoms with Gasteiger partial charge >= 0.3 is 5.97 Å². The van der Waals surface area contributed by atoms with E-state index in [1.807, 2.05) is 13.8 Å². The molecule has 1 aromatic carbocycles. The van der Waals surface area contributed by atoms with Crippen molar-refractivity contribution in [2.45, 2.75) is 46.1 Å². The van der Waals surface area contributed by atoms with Crippen LogP contribution in [0.1, 0.15) is 42.4 Å². The summed E-state index contributed by atoms with van der Waals surface area (Å²) in [6.07, 6.45) is 3.27. The Morgan fingerprint density at radius 2 is 1.81 bits per heavy atom. The molecule has 1 aliphatic rings. The highest BCUT2D eigenvalue weighted by atomic mass is 16.4. The quantitative estimate of drug-likeness (QED) is 0.875. The highest BCUT2D eigenvalue weighted by Crippen LogP contribution is 2.26. The van der Waals surface area contributed by atoms with Crippen molar-refractivity contribution in [3.05, 3.63) is 28.8 Å². The molecule has 0 amide bonds. The molecule has 0 unspecified atom stereocenters. The van der Waals surface area contributed by atoms with Crippen LogP contribution in [0.5, 0.6) is 5.75 Å². The molecule has 21 heavy (non-hydrogen) atoms. The number of hydrogen-bond acceptors (Lipinski definition) is 3. The zero-order valence-corrected chi connectivity index (χ0v) is 12.9. The monoisotopic (exact) mass is 291 g/mol. The molecule has 1 heterocycles. The first-order valence-corrected chi connectivity index (χ1v) is 7.69. The molecule has 116 valence electrons. The smallest absolute Gasteiger partial charge is 0.303 e. The topological polar surface area (TPSA) is 60.8 Å². The number of aryl methyl sites for hydroxylation is 2. The van der Waals surface area contributed by atoms with Crippen LogP contribution < -0.4 is 0 Å². The maximum absolute atomic E-state index is 10.6. The average molecular weight is 291 g/mol. The minimum Gasteiger partial charge on any atom is -0.507 e. The molecule has 0 bridgehead atoms. The zero-order chi connectivity index (χ0) is 15.4. The Hall–Kier alpha value is -1.55. The lowest BCUT2D eigenvalue weighted by molar-refractivity contribution is -0.137. The number of phenolic OH excluding ortho intramolecular Hbond substituents is 1. The number of hydrogen-bond donors (Lipinski definition) is 2. The zero-order valence-electron chi connectivity index (χ0n) is 12.9. The van der Waals surface area contributed by atoms with Gasteiger partial charge in [0.1, 0.15) is 5.75 Å². The molecule has 0 aromatic heterocycles. The molecule has 0 spiro atoms. The van der Waals surface area contributed by atoms with E-state index in [1.165, 1.54) is 5.56 Å². The average Bonchev–Trinajstić information content (AvgIpc) is 2.44. The molecule has 0 aliphatic carbocycles. The summed E-state index contributed by atoms with van der Waals surface area (Å²) < 4.78 is 0. The molecule has 1 aromatic rings. The Morgan fingerprint density at radius 3 is 2.33 bits per heavy atom. The van der Waals surface area contributed by atoms with Crippen molar-refractivity contribution in [1.82, 2.24) is 4.90 Å². The fraction of sp³-hybridized carbons (Fsp3) is 0.588. The maximum Gasteiger partial charge on any atom is 0.303 e. The van der Waals surface area contributed by atoms with E-state index in [-0.39, 0.29) is 0 Å². The lowest BCUT2D eigenvalue weighted by Crippen LogP contribution is -2.33. The molecule has 1 fully saturated rings. The Kier molecular flexibility index (Phi) is 5.23. The van der Waals surface area contributed by atoms with Gasteiger partial charge in [0.2, 0.25) is 0 Å². The minimum absolute atomic E-state index is 0.293. The third-order valence-corrected chi connectivity index (χ3v) is 4.43. The first-order valence-electron chi connectivity index (χ1n) is 7.69.